The van der Waals surface area contributed by atoms with Gasteiger partial charge in [0.15, 0.2) is 0 Å². The second-order valence-corrected chi connectivity index (χ2v) is 3.65. The molecule has 1 heterocycles. The maximum absolute atomic E-state index is 11.4. The molecule has 4 nitrogen and oxygen atoms in total. The van der Waals surface area contributed by atoms with E-state index in [2.05, 4.69) is 12.2 Å². The van der Waals surface area contributed by atoms with Crippen LogP contribution in [0.3, 0.4) is 0 Å². The van der Waals surface area contributed by atoms with Crippen LogP contribution in [0.1, 0.15) is 19.8 Å². The van der Waals surface area contributed by atoms with Gasteiger partial charge in [0.05, 0.1) is 0 Å². The minimum Gasteiger partial charge on any atom is -0.375 e. The minimum absolute atomic E-state index is 0.113. The molecule has 0 spiro atoms. The zero-order valence-corrected chi connectivity index (χ0v) is 9.08. The van der Waals surface area contributed by atoms with E-state index in [1.54, 1.807) is 7.11 Å². The van der Waals surface area contributed by atoms with Gasteiger partial charge in [0, 0.05) is 26.2 Å². The Balaban J connectivity index is 2.24. The van der Waals surface area contributed by atoms with Crippen molar-refractivity contribution in [3.05, 3.63) is 0 Å². The Labute approximate surface area is 85.6 Å². The second-order valence-electron chi connectivity index (χ2n) is 3.65. The molecule has 4 heteroatoms. The van der Waals surface area contributed by atoms with Crippen LogP contribution < -0.4 is 5.32 Å². The second kappa shape index (κ2) is 5.98. The number of rotatable bonds is 4. The molecule has 1 saturated heterocycles. The Morgan fingerprint density at radius 3 is 2.64 bits per heavy atom. The largest absolute Gasteiger partial charge is 0.375 e. The molecule has 0 saturated carbocycles. The van der Waals surface area contributed by atoms with Gasteiger partial charge in [-0.1, -0.05) is 6.92 Å². The summed E-state index contributed by atoms with van der Waals surface area (Å²) in [4.78, 5) is 13.3. The van der Waals surface area contributed by atoms with Crippen LogP contribution in [0.4, 0.5) is 0 Å². The third kappa shape index (κ3) is 3.27. The third-order valence-corrected chi connectivity index (χ3v) is 2.61. The summed E-state index contributed by atoms with van der Waals surface area (Å²) in [7, 11) is 1.56. The van der Waals surface area contributed by atoms with E-state index in [4.69, 9.17) is 4.74 Å². The maximum Gasteiger partial charge on any atom is 0.248 e. The molecular weight excluding hydrogens is 180 g/mol. The fraction of sp³-hybridized carbons (Fsp3) is 0.900. The van der Waals surface area contributed by atoms with Gasteiger partial charge in [-0.3, -0.25) is 4.79 Å². The fourth-order valence-electron chi connectivity index (χ4n) is 1.84. The highest BCUT2D eigenvalue weighted by atomic mass is 16.5. The van der Waals surface area contributed by atoms with E-state index >= 15 is 0 Å². The lowest BCUT2D eigenvalue weighted by Crippen LogP contribution is -2.45. The Bertz CT molecular complexity index is 177. The van der Waals surface area contributed by atoms with Crippen molar-refractivity contribution in [2.45, 2.75) is 25.8 Å². The van der Waals surface area contributed by atoms with E-state index in [1.165, 1.54) is 0 Å². The Morgan fingerprint density at radius 1 is 1.50 bits per heavy atom. The van der Waals surface area contributed by atoms with Crippen molar-refractivity contribution in [3.63, 3.8) is 0 Å². The Kier molecular flexibility index (Phi) is 4.90. The molecule has 14 heavy (non-hydrogen) atoms. The van der Waals surface area contributed by atoms with Gasteiger partial charge in [-0.05, 0) is 19.4 Å². The van der Waals surface area contributed by atoms with E-state index < -0.39 is 0 Å². The molecule has 1 amide bonds. The van der Waals surface area contributed by atoms with Gasteiger partial charge in [0.2, 0.25) is 5.91 Å². The van der Waals surface area contributed by atoms with Crippen LogP contribution in [0, 0.1) is 0 Å². The monoisotopic (exact) mass is 200 g/mol. The Hall–Kier alpha value is -0.610. The van der Waals surface area contributed by atoms with Gasteiger partial charge in [-0.25, -0.2) is 0 Å². The van der Waals surface area contributed by atoms with Gasteiger partial charge in [-0.2, -0.15) is 0 Å². The standard InChI is InChI=1S/C10H20N2O2/c1-3-11-9-4-6-12(7-5-9)10(13)8-14-2/h9,11H,3-8H2,1-2H3. The van der Waals surface area contributed by atoms with E-state index in [1.807, 2.05) is 4.90 Å². The number of nitrogens with zero attached hydrogens (tertiary/aromatic N) is 1. The van der Waals surface area contributed by atoms with Crippen LogP contribution in [0.15, 0.2) is 0 Å². The molecule has 0 aromatic carbocycles. The van der Waals surface area contributed by atoms with Crippen molar-refractivity contribution in [2.24, 2.45) is 0 Å². The van der Waals surface area contributed by atoms with Crippen molar-refractivity contribution in [2.75, 3.05) is 33.4 Å². The zero-order chi connectivity index (χ0) is 10.4. The molecule has 1 rings (SSSR count). The van der Waals surface area contributed by atoms with Crippen molar-refractivity contribution >= 4 is 5.91 Å². The summed E-state index contributed by atoms with van der Waals surface area (Å²) in [5.74, 6) is 0.113. The summed E-state index contributed by atoms with van der Waals surface area (Å²) in [6, 6.07) is 0.589. The van der Waals surface area contributed by atoms with Gasteiger partial charge in [-0.15, -0.1) is 0 Å². The topological polar surface area (TPSA) is 41.6 Å². The number of methoxy groups -OCH3 is 1. The molecule has 0 bridgehead atoms. The van der Waals surface area contributed by atoms with Crippen LogP contribution in [-0.4, -0.2) is 50.2 Å². The average molecular weight is 200 g/mol. The number of amides is 1. The van der Waals surface area contributed by atoms with Gasteiger partial charge in [0.1, 0.15) is 6.61 Å². The summed E-state index contributed by atoms with van der Waals surface area (Å²) in [5, 5.41) is 3.41. The summed E-state index contributed by atoms with van der Waals surface area (Å²) < 4.78 is 4.82. The maximum atomic E-state index is 11.4. The summed E-state index contributed by atoms with van der Waals surface area (Å²) in [6.45, 7) is 5.06. The molecule has 1 aliphatic rings. The number of carbonyl (C=O) groups excluding carboxylic acids is 1. The first kappa shape index (κ1) is 11.5. The molecule has 0 aromatic rings. The van der Waals surface area contributed by atoms with Crippen LogP contribution in [-0.2, 0) is 9.53 Å². The normalized spacial score (nSPS) is 18.6. The van der Waals surface area contributed by atoms with Crippen LogP contribution in [0.5, 0.6) is 0 Å². The minimum atomic E-state index is 0.113. The predicted molar refractivity (Wildman–Crippen MR) is 55.2 cm³/mol. The first-order chi connectivity index (χ1) is 6.77. The van der Waals surface area contributed by atoms with Crippen molar-refractivity contribution in [1.29, 1.82) is 0 Å². The fourth-order valence-corrected chi connectivity index (χ4v) is 1.84. The summed E-state index contributed by atoms with van der Waals surface area (Å²) in [6.07, 6.45) is 2.12. The van der Waals surface area contributed by atoms with E-state index in [0.29, 0.717) is 6.04 Å². The number of hydrogen-bond acceptors (Lipinski definition) is 3. The molecule has 0 radical (unpaired) electrons. The molecule has 82 valence electrons. The van der Waals surface area contributed by atoms with E-state index in [9.17, 15) is 4.79 Å². The van der Waals surface area contributed by atoms with E-state index in [-0.39, 0.29) is 12.5 Å². The molecule has 1 N–H and O–H groups in total. The highest BCUT2D eigenvalue weighted by molar-refractivity contribution is 5.77. The SMILES string of the molecule is CCNC1CCN(C(=O)COC)CC1. The first-order valence-electron chi connectivity index (χ1n) is 5.28. The van der Waals surface area contributed by atoms with Crippen molar-refractivity contribution in [3.8, 4) is 0 Å². The highest BCUT2D eigenvalue weighted by Gasteiger charge is 2.21. The van der Waals surface area contributed by atoms with Gasteiger partial charge >= 0.3 is 0 Å². The number of piperidine rings is 1. The molecule has 0 atom stereocenters. The molecule has 1 aliphatic heterocycles. The lowest BCUT2D eigenvalue weighted by molar-refractivity contribution is -0.136. The third-order valence-electron chi connectivity index (χ3n) is 2.61. The lowest BCUT2D eigenvalue weighted by atomic mass is 10.1. The van der Waals surface area contributed by atoms with Gasteiger partial charge < -0.3 is 15.0 Å². The number of ether oxygens (including phenoxy) is 1. The summed E-state index contributed by atoms with van der Waals surface area (Å²) >= 11 is 0. The highest BCUT2D eigenvalue weighted by Crippen LogP contribution is 2.10. The molecule has 0 unspecified atom stereocenters. The average Bonchev–Trinajstić information content (AvgIpc) is 2.20. The zero-order valence-electron chi connectivity index (χ0n) is 9.08. The van der Waals surface area contributed by atoms with Crippen LogP contribution >= 0.6 is 0 Å². The van der Waals surface area contributed by atoms with E-state index in [0.717, 1.165) is 32.5 Å². The molecular formula is C10H20N2O2. The molecule has 0 aromatic heterocycles. The predicted octanol–water partition coefficient (Wildman–Crippen LogP) is 0.233. The number of nitrogens with one attached hydrogen (secondary N) is 1. The lowest BCUT2D eigenvalue weighted by Gasteiger charge is -2.32. The molecule has 1 fully saturated rings. The quantitative estimate of drug-likeness (QED) is 0.706. The van der Waals surface area contributed by atoms with Crippen LogP contribution in [0.25, 0.3) is 0 Å². The van der Waals surface area contributed by atoms with Crippen LogP contribution in [0.2, 0.25) is 0 Å². The Morgan fingerprint density at radius 2 is 2.14 bits per heavy atom. The smallest absolute Gasteiger partial charge is 0.248 e. The van der Waals surface area contributed by atoms with Gasteiger partial charge in [0.25, 0.3) is 0 Å². The summed E-state index contributed by atoms with van der Waals surface area (Å²) in [5.41, 5.74) is 0. The number of likely N-dealkylation sites (tertiary alicyclic amines) is 1. The molecule has 0 aliphatic carbocycles. The number of hydrogen-bond donors (Lipinski definition) is 1. The first-order valence-corrected chi connectivity index (χ1v) is 5.28. The van der Waals surface area contributed by atoms with Crippen molar-refractivity contribution < 1.29 is 9.53 Å². The number of carbonyl (C=O) groups is 1. The van der Waals surface area contributed by atoms with Crippen molar-refractivity contribution in [1.82, 2.24) is 10.2 Å².